The molecule has 12 rings (SSSR count). The zero-order chi connectivity index (χ0) is 37.5. The van der Waals surface area contributed by atoms with Gasteiger partial charge < -0.3 is 4.42 Å². The lowest BCUT2D eigenvalue weighted by Crippen LogP contribution is -2.06. The van der Waals surface area contributed by atoms with E-state index >= 15 is 0 Å². The van der Waals surface area contributed by atoms with Gasteiger partial charge in [-0.1, -0.05) is 121 Å². The third-order valence-corrected chi connectivity index (χ3v) is 11.0. The van der Waals surface area contributed by atoms with Crippen molar-refractivity contribution in [2.24, 2.45) is 0 Å². The van der Waals surface area contributed by atoms with Gasteiger partial charge in [0.2, 0.25) is 5.95 Å². The summed E-state index contributed by atoms with van der Waals surface area (Å²) in [6.07, 6.45) is 0. The van der Waals surface area contributed by atoms with E-state index in [-0.39, 0.29) is 0 Å². The van der Waals surface area contributed by atoms with Crippen molar-refractivity contribution in [1.82, 2.24) is 29.1 Å². The van der Waals surface area contributed by atoms with Crippen molar-refractivity contribution in [3.63, 3.8) is 0 Å². The van der Waals surface area contributed by atoms with Crippen LogP contribution in [0, 0.1) is 0 Å². The van der Waals surface area contributed by atoms with Gasteiger partial charge in [-0.2, -0.15) is 9.97 Å². The molecular weight excluding hydrogens is 701 g/mol. The predicted octanol–water partition coefficient (Wildman–Crippen LogP) is 12.4. The van der Waals surface area contributed by atoms with E-state index in [2.05, 4.69) is 106 Å². The molecule has 5 heterocycles. The Balaban J connectivity index is 1.11. The molecule has 266 valence electrons. The highest BCUT2D eigenvalue weighted by Gasteiger charge is 2.21. The second-order valence-electron chi connectivity index (χ2n) is 14.3. The molecule has 0 bridgehead atoms. The molecule has 0 amide bonds. The van der Waals surface area contributed by atoms with Gasteiger partial charge in [-0.3, -0.25) is 9.13 Å². The van der Waals surface area contributed by atoms with Crippen molar-refractivity contribution in [3.8, 4) is 45.8 Å². The minimum absolute atomic E-state index is 0.554. The van der Waals surface area contributed by atoms with Gasteiger partial charge in [-0.25, -0.2) is 9.97 Å². The van der Waals surface area contributed by atoms with E-state index in [0.717, 1.165) is 93.8 Å². The van der Waals surface area contributed by atoms with E-state index in [4.69, 9.17) is 24.4 Å². The minimum atomic E-state index is 0.554. The quantitative estimate of drug-likeness (QED) is 0.176. The molecule has 0 aliphatic rings. The fraction of sp³-hybridized carbons (Fsp3) is 0. The number of benzene rings is 7. The average molecular weight is 731 g/mol. The maximum Gasteiger partial charge on any atom is 0.238 e. The summed E-state index contributed by atoms with van der Waals surface area (Å²) in [5, 5.41) is 6.71. The normalized spacial score (nSPS) is 11.9. The van der Waals surface area contributed by atoms with Gasteiger partial charge in [0.05, 0.1) is 27.8 Å². The number of furan rings is 1. The first-order valence-electron chi connectivity index (χ1n) is 19.0. The summed E-state index contributed by atoms with van der Waals surface area (Å²) in [5.74, 6) is 2.61. The van der Waals surface area contributed by atoms with Crippen molar-refractivity contribution in [2.75, 3.05) is 0 Å². The van der Waals surface area contributed by atoms with E-state index in [1.54, 1.807) is 0 Å². The van der Waals surface area contributed by atoms with Crippen molar-refractivity contribution >= 4 is 65.6 Å². The van der Waals surface area contributed by atoms with Gasteiger partial charge in [0, 0.05) is 49.0 Å². The first kappa shape index (κ1) is 31.5. The Hall–Kier alpha value is -7.90. The Kier molecular flexibility index (Phi) is 6.79. The number of hydrogen-bond acceptors (Lipinski definition) is 5. The number of aromatic nitrogens is 6. The molecule has 12 aromatic rings. The topological polar surface area (TPSA) is 74.6 Å². The maximum absolute atomic E-state index is 6.14. The lowest BCUT2D eigenvalue weighted by atomic mass is 10.1. The molecule has 0 atom stereocenters. The lowest BCUT2D eigenvalue weighted by molar-refractivity contribution is 0.669. The lowest BCUT2D eigenvalue weighted by Gasteiger charge is -2.12. The Morgan fingerprint density at radius 1 is 0.333 bits per heavy atom. The summed E-state index contributed by atoms with van der Waals surface area (Å²) in [6.45, 7) is 0. The van der Waals surface area contributed by atoms with Crippen LogP contribution in [0.5, 0.6) is 0 Å². The summed E-state index contributed by atoms with van der Waals surface area (Å²) < 4.78 is 10.6. The van der Waals surface area contributed by atoms with E-state index in [1.807, 2.05) is 84.9 Å². The second-order valence-corrected chi connectivity index (χ2v) is 14.3. The first-order chi connectivity index (χ1) is 28.2. The molecule has 0 aliphatic carbocycles. The van der Waals surface area contributed by atoms with Crippen molar-refractivity contribution in [1.29, 1.82) is 0 Å². The Morgan fingerprint density at radius 2 is 0.912 bits per heavy atom. The number of pyridine rings is 1. The van der Waals surface area contributed by atoms with Crippen molar-refractivity contribution in [3.05, 3.63) is 182 Å². The predicted molar refractivity (Wildman–Crippen MR) is 230 cm³/mol. The fourth-order valence-corrected chi connectivity index (χ4v) is 8.38. The van der Waals surface area contributed by atoms with E-state index < -0.39 is 0 Å². The van der Waals surface area contributed by atoms with Crippen LogP contribution >= 0.6 is 0 Å². The number of fused-ring (bicyclic) bond motifs is 9. The zero-order valence-corrected chi connectivity index (χ0v) is 30.4. The molecule has 7 heteroatoms. The summed E-state index contributed by atoms with van der Waals surface area (Å²) >= 11 is 0. The molecular formula is C50H30N6O. The summed E-state index contributed by atoms with van der Waals surface area (Å²) in [5.41, 5.74) is 9.62. The monoisotopic (exact) mass is 730 g/mol. The van der Waals surface area contributed by atoms with Crippen LogP contribution in [0.15, 0.2) is 186 Å². The molecule has 0 saturated heterocycles. The molecule has 0 spiro atoms. The number of hydrogen-bond donors (Lipinski definition) is 0. The van der Waals surface area contributed by atoms with Crippen LogP contribution in [0.25, 0.3) is 111 Å². The Morgan fingerprint density at radius 3 is 1.61 bits per heavy atom. The zero-order valence-electron chi connectivity index (χ0n) is 30.4. The van der Waals surface area contributed by atoms with Crippen LogP contribution in [0.3, 0.4) is 0 Å². The van der Waals surface area contributed by atoms with Crippen LogP contribution in [0.2, 0.25) is 0 Å². The standard InChI is InChI=1S/C50H30N6O/c1-3-14-31(15-4-1)48-52-49(32-16-5-2-6-17-32)54-50(53-48)56-42-23-11-8-19-35(42)38-29-37-34-18-7-10-22-41(34)55(43(37)30-44(38)56)47-25-13-21-40(51-47)33-26-27-46-39(28-33)36-20-9-12-24-45(36)57-46/h1-30H. The van der Waals surface area contributed by atoms with E-state index in [0.29, 0.717) is 17.6 Å². The molecule has 0 fully saturated rings. The molecule has 0 saturated carbocycles. The van der Waals surface area contributed by atoms with Crippen LogP contribution in [0.4, 0.5) is 0 Å². The largest absolute Gasteiger partial charge is 0.456 e. The minimum Gasteiger partial charge on any atom is -0.456 e. The molecule has 7 nitrogen and oxygen atoms in total. The van der Waals surface area contributed by atoms with Crippen LogP contribution in [0.1, 0.15) is 0 Å². The van der Waals surface area contributed by atoms with Gasteiger partial charge in [0.1, 0.15) is 17.0 Å². The molecule has 7 aromatic carbocycles. The number of para-hydroxylation sites is 3. The van der Waals surface area contributed by atoms with Gasteiger partial charge >= 0.3 is 0 Å². The van der Waals surface area contributed by atoms with Gasteiger partial charge in [-0.05, 0) is 60.7 Å². The van der Waals surface area contributed by atoms with Crippen LogP contribution < -0.4 is 0 Å². The summed E-state index contributed by atoms with van der Waals surface area (Å²) in [7, 11) is 0. The number of rotatable bonds is 5. The second kappa shape index (κ2) is 12.3. The third-order valence-electron chi connectivity index (χ3n) is 11.0. The third kappa shape index (κ3) is 4.92. The highest BCUT2D eigenvalue weighted by atomic mass is 16.3. The molecule has 5 aromatic heterocycles. The van der Waals surface area contributed by atoms with Gasteiger partial charge in [0.15, 0.2) is 11.6 Å². The van der Waals surface area contributed by atoms with Crippen LogP contribution in [-0.2, 0) is 0 Å². The smallest absolute Gasteiger partial charge is 0.238 e. The van der Waals surface area contributed by atoms with E-state index in [1.165, 1.54) is 0 Å². The average Bonchev–Trinajstić information content (AvgIpc) is 3.93. The molecule has 0 unspecified atom stereocenters. The highest BCUT2D eigenvalue weighted by Crippen LogP contribution is 2.40. The molecule has 0 radical (unpaired) electrons. The van der Waals surface area contributed by atoms with Gasteiger partial charge in [0.25, 0.3) is 0 Å². The molecule has 57 heavy (non-hydrogen) atoms. The Bertz CT molecular complexity index is 3470. The SMILES string of the molecule is c1ccc(-c2nc(-c3ccccc3)nc(-n3c4ccccc4c4cc5c6ccccc6n(-c6cccc(-c7ccc8oc9ccccc9c8c7)n6)c5cc43)n2)cc1. The summed E-state index contributed by atoms with van der Waals surface area (Å²) in [4.78, 5) is 20.7. The fourth-order valence-electron chi connectivity index (χ4n) is 8.38. The first-order valence-corrected chi connectivity index (χ1v) is 19.0. The van der Waals surface area contributed by atoms with Gasteiger partial charge in [-0.15, -0.1) is 0 Å². The van der Waals surface area contributed by atoms with E-state index in [9.17, 15) is 0 Å². The highest BCUT2D eigenvalue weighted by molar-refractivity contribution is 6.19. The Labute approximate surface area is 325 Å². The molecule has 0 aliphatic heterocycles. The number of nitrogens with zero attached hydrogens (tertiary/aromatic N) is 6. The van der Waals surface area contributed by atoms with Crippen LogP contribution in [-0.4, -0.2) is 29.1 Å². The van der Waals surface area contributed by atoms with Crippen molar-refractivity contribution in [2.45, 2.75) is 0 Å². The van der Waals surface area contributed by atoms with Crippen molar-refractivity contribution < 1.29 is 4.42 Å². The maximum atomic E-state index is 6.14. The molecule has 0 N–H and O–H groups in total. The summed E-state index contributed by atoms with van der Waals surface area (Å²) in [6, 6.07) is 62.6.